The smallest absolute Gasteiger partial charge is 0.184 e. The zero-order chi connectivity index (χ0) is 17.1. The summed E-state index contributed by atoms with van der Waals surface area (Å²) in [5.41, 5.74) is 2.94. The zero-order valence-electron chi connectivity index (χ0n) is 13.2. The number of hydrogen-bond acceptors (Lipinski definition) is 5. The third kappa shape index (κ3) is 3.16. The van der Waals surface area contributed by atoms with E-state index in [0.29, 0.717) is 16.3 Å². The van der Waals surface area contributed by atoms with Crippen LogP contribution in [0.3, 0.4) is 0 Å². The van der Waals surface area contributed by atoms with Gasteiger partial charge < -0.3 is 14.6 Å². The number of methoxy groups -OCH3 is 2. The molecule has 0 bridgehead atoms. The zero-order valence-corrected chi connectivity index (χ0v) is 14.8. The van der Waals surface area contributed by atoms with E-state index >= 15 is 0 Å². The molecule has 0 aliphatic carbocycles. The van der Waals surface area contributed by atoms with Gasteiger partial charge >= 0.3 is 0 Å². The van der Waals surface area contributed by atoms with Crippen molar-refractivity contribution in [3.63, 3.8) is 0 Å². The van der Waals surface area contributed by atoms with Crippen LogP contribution in [-0.4, -0.2) is 23.7 Å². The van der Waals surface area contributed by atoms with Crippen LogP contribution in [0.25, 0.3) is 21.7 Å². The highest BCUT2D eigenvalue weighted by Crippen LogP contribution is 2.41. The monoisotopic (exact) mass is 361 g/mol. The summed E-state index contributed by atoms with van der Waals surface area (Å²) in [6.07, 6.45) is -1.09. The van der Waals surface area contributed by atoms with Gasteiger partial charge in [-0.05, 0) is 47.4 Å². The summed E-state index contributed by atoms with van der Waals surface area (Å²) in [6.45, 7) is 0. The molecule has 0 radical (unpaired) electrons. The number of aromatic nitrogens is 1. The number of rotatable bonds is 5. The Morgan fingerprint density at radius 2 is 1.79 bits per heavy atom. The molecule has 0 amide bonds. The van der Waals surface area contributed by atoms with Gasteiger partial charge in [0, 0.05) is 12.7 Å². The Labute approximate surface area is 149 Å². The van der Waals surface area contributed by atoms with E-state index in [1.54, 1.807) is 13.2 Å². The standard InChI is InChI=1S/C18H16ClNO3S/c1-22-12-9-7-11(8-10-12)17-15(18(21)23-2)16(20-24-17)13-5-3-4-6-14(13)19/h3-10,18,21H,1-2H3. The highest BCUT2D eigenvalue weighted by Gasteiger charge is 2.24. The molecule has 4 nitrogen and oxygen atoms in total. The van der Waals surface area contributed by atoms with E-state index in [4.69, 9.17) is 21.1 Å². The van der Waals surface area contributed by atoms with Crippen LogP contribution in [-0.2, 0) is 4.74 Å². The van der Waals surface area contributed by atoms with E-state index in [-0.39, 0.29) is 0 Å². The van der Waals surface area contributed by atoms with Gasteiger partial charge in [-0.25, -0.2) is 0 Å². The van der Waals surface area contributed by atoms with E-state index in [1.807, 2.05) is 42.5 Å². The molecule has 0 saturated heterocycles. The van der Waals surface area contributed by atoms with E-state index < -0.39 is 6.29 Å². The van der Waals surface area contributed by atoms with Crippen LogP contribution in [0.5, 0.6) is 5.75 Å². The molecular formula is C18H16ClNO3S. The number of hydrogen-bond donors (Lipinski definition) is 1. The first-order valence-corrected chi connectivity index (χ1v) is 8.40. The van der Waals surface area contributed by atoms with Crippen molar-refractivity contribution in [1.82, 2.24) is 4.37 Å². The Morgan fingerprint density at radius 3 is 2.42 bits per heavy atom. The van der Waals surface area contributed by atoms with E-state index in [1.165, 1.54) is 18.6 Å². The largest absolute Gasteiger partial charge is 0.497 e. The molecule has 0 aliphatic rings. The summed E-state index contributed by atoms with van der Waals surface area (Å²) < 4.78 is 14.9. The number of halogens is 1. The molecular weight excluding hydrogens is 346 g/mol. The molecule has 1 N–H and O–H groups in total. The maximum atomic E-state index is 10.4. The Balaban J connectivity index is 2.15. The second-order valence-electron chi connectivity index (χ2n) is 5.07. The minimum Gasteiger partial charge on any atom is -0.497 e. The Bertz CT molecular complexity index is 833. The van der Waals surface area contributed by atoms with Gasteiger partial charge in [-0.15, -0.1) is 0 Å². The van der Waals surface area contributed by atoms with Crippen molar-refractivity contribution in [1.29, 1.82) is 0 Å². The summed E-state index contributed by atoms with van der Waals surface area (Å²) in [4.78, 5) is 0.835. The van der Waals surface area contributed by atoms with E-state index in [9.17, 15) is 5.11 Å². The number of aliphatic hydroxyl groups excluding tert-OH is 1. The predicted octanol–water partition coefficient (Wildman–Crippen LogP) is 4.78. The molecule has 0 aliphatic heterocycles. The van der Waals surface area contributed by atoms with Crippen LogP contribution in [0.15, 0.2) is 48.5 Å². The third-order valence-electron chi connectivity index (χ3n) is 3.68. The lowest BCUT2D eigenvalue weighted by atomic mass is 10.0. The quantitative estimate of drug-likeness (QED) is 0.664. The molecule has 2 aromatic carbocycles. The molecule has 0 spiro atoms. The SMILES string of the molecule is COc1ccc(-c2snc(-c3ccccc3Cl)c2C(O)OC)cc1. The average molecular weight is 362 g/mol. The summed E-state index contributed by atoms with van der Waals surface area (Å²) in [5.74, 6) is 0.767. The highest BCUT2D eigenvalue weighted by atomic mass is 35.5. The number of benzene rings is 2. The van der Waals surface area contributed by atoms with Crippen molar-refractivity contribution in [2.24, 2.45) is 0 Å². The number of nitrogens with zero attached hydrogens (tertiary/aromatic N) is 1. The molecule has 0 saturated carbocycles. The van der Waals surface area contributed by atoms with Crippen LogP contribution < -0.4 is 4.74 Å². The van der Waals surface area contributed by atoms with Crippen LogP contribution >= 0.6 is 23.1 Å². The first-order valence-electron chi connectivity index (χ1n) is 7.25. The summed E-state index contributed by atoms with van der Waals surface area (Å²) in [5, 5.41) is 10.9. The van der Waals surface area contributed by atoms with Gasteiger partial charge in [0.05, 0.1) is 28.3 Å². The molecule has 1 aromatic heterocycles. The van der Waals surface area contributed by atoms with Crippen LogP contribution in [0.1, 0.15) is 11.9 Å². The second-order valence-corrected chi connectivity index (χ2v) is 6.25. The van der Waals surface area contributed by atoms with Crippen LogP contribution in [0.2, 0.25) is 5.02 Å². The third-order valence-corrected chi connectivity index (χ3v) is 4.92. The van der Waals surface area contributed by atoms with Gasteiger partial charge in [0.15, 0.2) is 6.29 Å². The number of aliphatic hydroxyl groups is 1. The highest BCUT2D eigenvalue weighted by molar-refractivity contribution is 7.10. The van der Waals surface area contributed by atoms with Gasteiger partial charge in [0.1, 0.15) is 5.75 Å². The maximum absolute atomic E-state index is 10.4. The fourth-order valence-corrected chi connectivity index (χ4v) is 3.58. The molecule has 0 fully saturated rings. The van der Waals surface area contributed by atoms with Gasteiger partial charge in [-0.2, -0.15) is 4.37 Å². The molecule has 1 heterocycles. The fourth-order valence-electron chi connectivity index (χ4n) is 2.44. The predicted molar refractivity (Wildman–Crippen MR) is 96.5 cm³/mol. The topological polar surface area (TPSA) is 51.6 Å². The molecule has 3 rings (SSSR count). The van der Waals surface area contributed by atoms with Crippen LogP contribution in [0, 0.1) is 0 Å². The second kappa shape index (κ2) is 7.32. The fraction of sp³-hybridized carbons (Fsp3) is 0.167. The van der Waals surface area contributed by atoms with Crippen molar-refractivity contribution >= 4 is 23.1 Å². The van der Waals surface area contributed by atoms with Crippen LogP contribution in [0.4, 0.5) is 0 Å². The summed E-state index contributed by atoms with van der Waals surface area (Å²) in [7, 11) is 3.08. The van der Waals surface area contributed by atoms with Gasteiger partial charge in [-0.1, -0.05) is 29.8 Å². The lowest BCUT2D eigenvalue weighted by molar-refractivity contribution is -0.0760. The van der Waals surface area contributed by atoms with Gasteiger partial charge in [0.2, 0.25) is 0 Å². The lowest BCUT2D eigenvalue weighted by Gasteiger charge is -2.13. The van der Waals surface area contributed by atoms with Crippen molar-refractivity contribution in [3.8, 4) is 27.4 Å². The van der Waals surface area contributed by atoms with E-state index in [2.05, 4.69) is 4.37 Å². The van der Waals surface area contributed by atoms with Crippen molar-refractivity contribution < 1.29 is 14.6 Å². The Morgan fingerprint density at radius 1 is 1.08 bits per heavy atom. The molecule has 124 valence electrons. The first kappa shape index (κ1) is 16.9. The molecule has 6 heteroatoms. The molecule has 1 atom stereocenters. The Hall–Kier alpha value is -1.92. The van der Waals surface area contributed by atoms with Gasteiger partial charge in [-0.3, -0.25) is 0 Å². The van der Waals surface area contributed by atoms with Crippen molar-refractivity contribution in [2.75, 3.05) is 14.2 Å². The van der Waals surface area contributed by atoms with E-state index in [0.717, 1.165) is 21.8 Å². The Kier molecular flexibility index (Phi) is 5.16. The normalized spacial score (nSPS) is 12.2. The molecule has 3 aromatic rings. The summed E-state index contributed by atoms with van der Waals surface area (Å²) >= 11 is 7.60. The maximum Gasteiger partial charge on any atom is 0.184 e. The lowest BCUT2D eigenvalue weighted by Crippen LogP contribution is -2.02. The van der Waals surface area contributed by atoms with Crippen molar-refractivity contribution in [2.45, 2.75) is 6.29 Å². The van der Waals surface area contributed by atoms with Crippen molar-refractivity contribution in [3.05, 3.63) is 59.1 Å². The van der Waals surface area contributed by atoms with Gasteiger partial charge in [0.25, 0.3) is 0 Å². The average Bonchev–Trinajstić information content (AvgIpc) is 3.06. The molecule has 1 unspecified atom stereocenters. The molecule has 24 heavy (non-hydrogen) atoms. The summed E-state index contributed by atoms with van der Waals surface area (Å²) in [6, 6.07) is 15.0. The minimum absolute atomic E-state index is 0.577. The minimum atomic E-state index is -1.09. The number of ether oxygens (including phenoxy) is 2. The first-order chi connectivity index (χ1) is 11.7.